The summed E-state index contributed by atoms with van der Waals surface area (Å²) in [5.41, 5.74) is 1.95. The van der Waals surface area contributed by atoms with Crippen molar-refractivity contribution in [3.8, 4) is 17.2 Å². The number of benzene rings is 2. The second kappa shape index (κ2) is 9.13. The molecule has 2 aromatic heterocycles. The Morgan fingerprint density at radius 2 is 1.84 bits per heavy atom. The average Bonchev–Trinajstić information content (AvgIpc) is 3.33. The van der Waals surface area contributed by atoms with Crippen LogP contribution >= 0.6 is 0 Å². The number of nitrogens with one attached hydrogen (secondary N) is 1. The Hall–Kier alpha value is -4.13. The van der Waals surface area contributed by atoms with Gasteiger partial charge in [0, 0.05) is 5.39 Å². The van der Waals surface area contributed by atoms with E-state index in [1.165, 1.54) is 6.26 Å². The normalized spacial score (nSPS) is 10.6. The number of nitrogens with zero attached hydrogens (tertiary/aromatic N) is 1. The maximum absolute atomic E-state index is 12.8. The zero-order chi connectivity index (χ0) is 21.6. The van der Waals surface area contributed by atoms with Crippen LogP contribution in [-0.2, 0) is 9.53 Å². The van der Waals surface area contributed by atoms with Gasteiger partial charge in [0.2, 0.25) is 0 Å². The molecule has 4 rings (SSSR count). The van der Waals surface area contributed by atoms with Crippen LogP contribution in [0.25, 0.3) is 22.4 Å². The SMILES string of the molecule is CCOc1ccccc1NC(=O)COC(=O)c1cc(-c2ccco2)nc2ccccc12. The molecule has 4 aromatic rings. The predicted molar refractivity (Wildman–Crippen MR) is 116 cm³/mol. The topological polar surface area (TPSA) is 90.7 Å². The summed E-state index contributed by atoms with van der Waals surface area (Å²) >= 11 is 0. The second-order valence-corrected chi connectivity index (χ2v) is 6.60. The highest BCUT2D eigenvalue weighted by molar-refractivity contribution is 6.05. The maximum atomic E-state index is 12.8. The van der Waals surface area contributed by atoms with Crippen LogP contribution in [0.2, 0.25) is 0 Å². The van der Waals surface area contributed by atoms with Crippen molar-refractivity contribution in [2.45, 2.75) is 6.92 Å². The molecule has 2 heterocycles. The summed E-state index contributed by atoms with van der Waals surface area (Å²) in [7, 11) is 0. The number of hydrogen-bond acceptors (Lipinski definition) is 6. The molecule has 0 unspecified atom stereocenters. The molecule has 0 radical (unpaired) electrons. The smallest absolute Gasteiger partial charge is 0.339 e. The molecule has 0 spiro atoms. The van der Waals surface area contributed by atoms with Crippen molar-refractivity contribution in [2.75, 3.05) is 18.5 Å². The number of carbonyl (C=O) groups excluding carboxylic acids is 2. The van der Waals surface area contributed by atoms with Crippen molar-refractivity contribution in [1.29, 1.82) is 0 Å². The average molecular weight is 416 g/mol. The minimum Gasteiger partial charge on any atom is -0.492 e. The molecule has 1 amide bonds. The van der Waals surface area contributed by atoms with E-state index in [0.29, 0.717) is 46.0 Å². The van der Waals surface area contributed by atoms with Gasteiger partial charge in [-0.1, -0.05) is 30.3 Å². The number of furan rings is 1. The summed E-state index contributed by atoms with van der Waals surface area (Å²) < 4.78 is 16.2. The predicted octanol–water partition coefficient (Wildman–Crippen LogP) is 4.69. The van der Waals surface area contributed by atoms with Gasteiger partial charge in [0.15, 0.2) is 12.4 Å². The molecule has 7 nitrogen and oxygen atoms in total. The summed E-state index contributed by atoms with van der Waals surface area (Å²) in [5, 5.41) is 3.33. The molecule has 156 valence electrons. The molecular formula is C24H20N2O5. The van der Waals surface area contributed by atoms with Crippen LogP contribution in [0.15, 0.2) is 77.4 Å². The molecule has 1 N–H and O–H groups in total. The lowest BCUT2D eigenvalue weighted by Crippen LogP contribution is -2.21. The summed E-state index contributed by atoms with van der Waals surface area (Å²) in [6.45, 7) is 1.89. The minimum absolute atomic E-state index is 0.305. The van der Waals surface area contributed by atoms with Gasteiger partial charge < -0.3 is 19.2 Å². The molecule has 0 fully saturated rings. The lowest BCUT2D eigenvalue weighted by Gasteiger charge is -2.12. The van der Waals surface area contributed by atoms with Gasteiger partial charge >= 0.3 is 5.97 Å². The molecule has 0 saturated heterocycles. The Bertz CT molecular complexity index is 1220. The first kappa shape index (κ1) is 20.2. The van der Waals surface area contributed by atoms with E-state index in [2.05, 4.69) is 10.3 Å². The van der Waals surface area contributed by atoms with Crippen molar-refractivity contribution < 1.29 is 23.5 Å². The number of hydrogen-bond donors (Lipinski definition) is 1. The Morgan fingerprint density at radius 1 is 1.03 bits per heavy atom. The van der Waals surface area contributed by atoms with Crippen molar-refractivity contribution in [3.63, 3.8) is 0 Å². The van der Waals surface area contributed by atoms with Crippen LogP contribution in [0, 0.1) is 0 Å². The number of amides is 1. The number of carbonyl (C=O) groups is 2. The lowest BCUT2D eigenvalue weighted by molar-refractivity contribution is -0.119. The van der Waals surface area contributed by atoms with Crippen molar-refractivity contribution in [3.05, 3.63) is 78.6 Å². The van der Waals surface area contributed by atoms with Crippen LogP contribution in [-0.4, -0.2) is 30.1 Å². The molecule has 0 saturated carbocycles. The monoisotopic (exact) mass is 416 g/mol. The number of fused-ring (bicyclic) bond motifs is 1. The van der Waals surface area contributed by atoms with Gasteiger partial charge in [-0.05, 0) is 43.3 Å². The standard InChI is InChI=1S/C24H20N2O5/c1-2-29-21-11-6-5-10-19(21)26-23(27)15-31-24(28)17-14-20(22-12-7-13-30-22)25-18-9-4-3-8-16(17)18/h3-14H,2,15H2,1H3,(H,26,27). The van der Waals surface area contributed by atoms with Gasteiger partial charge in [-0.15, -0.1) is 0 Å². The van der Waals surface area contributed by atoms with Gasteiger partial charge in [-0.2, -0.15) is 0 Å². The van der Waals surface area contributed by atoms with Gasteiger partial charge in [-0.25, -0.2) is 9.78 Å². The van der Waals surface area contributed by atoms with Crippen LogP contribution in [0.5, 0.6) is 5.75 Å². The number of anilines is 1. The Kier molecular flexibility index (Phi) is 5.93. The van der Waals surface area contributed by atoms with Crippen LogP contribution in [0.4, 0.5) is 5.69 Å². The Morgan fingerprint density at radius 3 is 2.65 bits per heavy atom. The lowest BCUT2D eigenvalue weighted by atomic mass is 10.1. The molecule has 31 heavy (non-hydrogen) atoms. The van der Waals surface area contributed by atoms with Gasteiger partial charge in [0.05, 0.1) is 29.6 Å². The van der Waals surface area contributed by atoms with E-state index in [0.717, 1.165) is 0 Å². The van der Waals surface area contributed by atoms with Crippen molar-refractivity contribution in [1.82, 2.24) is 4.98 Å². The first-order valence-electron chi connectivity index (χ1n) is 9.78. The highest BCUT2D eigenvalue weighted by Gasteiger charge is 2.18. The number of aromatic nitrogens is 1. The maximum Gasteiger partial charge on any atom is 0.339 e. The number of ether oxygens (including phenoxy) is 2. The number of rotatable bonds is 7. The number of para-hydroxylation sites is 3. The first-order chi connectivity index (χ1) is 15.2. The second-order valence-electron chi connectivity index (χ2n) is 6.60. The summed E-state index contributed by atoms with van der Waals surface area (Å²) in [6, 6.07) is 19.4. The summed E-state index contributed by atoms with van der Waals surface area (Å²) in [6.07, 6.45) is 1.54. The van der Waals surface area contributed by atoms with Crippen LogP contribution in [0.1, 0.15) is 17.3 Å². The fourth-order valence-corrected chi connectivity index (χ4v) is 3.14. The van der Waals surface area contributed by atoms with Crippen LogP contribution in [0.3, 0.4) is 0 Å². The highest BCUT2D eigenvalue weighted by Crippen LogP contribution is 2.26. The zero-order valence-electron chi connectivity index (χ0n) is 16.8. The Labute approximate surface area is 178 Å². The fourth-order valence-electron chi connectivity index (χ4n) is 3.14. The molecule has 2 aromatic carbocycles. The van der Waals surface area contributed by atoms with E-state index in [-0.39, 0.29) is 0 Å². The summed E-state index contributed by atoms with van der Waals surface area (Å²) in [5.74, 6) is -0.0113. The van der Waals surface area contributed by atoms with Crippen molar-refractivity contribution in [2.24, 2.45) is 0 Å². The van der Waals surface area contributed by atoms with E-state index < -0.39 is 18.5 Å². The molecule has 7 heteroatoms. The van der Waals surface area contributed by atoms with E-state index in [9.17, 15) is 9.59 Å². The number of esters is 1. The molecule has 0 aliphatic carbocycles. The molecule has 0 aliphatic rings. The fraction of sp³-hybridized carbons (Fsp3) is 0.125. The van der Waals surface area contributed by atoms with Crippen molar-refractivity contribution >= 4 is 28.5 Å². The minimum atomic E-state index is -0.625. The van der Waals surface area contributed by atoms with Crippen LogP contribution < -0.4 is 10.1 Å². The third kappa shape index (κ3) is 4.56. The Balaban J connectivity index is 1.52. The van der Waals surface area contributed by atoms with E-state index in [1.54, 1.807) is 48.5 Å². The third-order valence-corrected chi connectivity index (χ3v) is 4.51. The first-order valence-corrected chi connectivity index (χ1v) is 9.78. The molecular weight excluding hydrogens is 396 g/mol. The zero-order valence-corrected chi connectivity index (χ0v) is 16.8. The third-order valence-electron chi connectivity index (χ3n) is 4.51. The molecule has 0 aliphatic heterocycles. The molecule has 0 atom stereocenters. The summed E-state index contributed by atoms with van der Waals surface area (Å²) in [4.78, 5) is 29.7. The van der Waals surface area contributed by atoms with Gasteiger partial charge in [0.25, 0.3) is 5.91 Å². The highest BCUT2D eigenvalue weighted by atomic mass is 16.5. The quantitative estimate of drug-likeness (QED) is 0.440. The van der Waals surface area contributed by atoms with E-state index in [4.69, 9.17) is 13.9 Å². The van der Waals surface area contributed by atoms with E-state index >= 15 is 0 Å². The molecule has 0 bridgehead atoms. The number of pyridine rings is 1. The van der Waals surface area contributed by atoms with Gasteiger partial charge in [0.1, 0.15) is 11.4 Å². The largest absolute Gasteiger partial charge is 0.492 e. The van der Waals surface area contributed by atoms with Gasteiger partial charge in [-0.3, -0.25) is 4.79 Å². The van der Waals surface area contributed by atoms with E-state index in [1.807, 2.05) is 25.1 Å².